The van der Waals surface area contributed by atoms with Gasteiger partial charge in [-0.05, 0) is 67.8 Å². The van der Waals surface area contributed by atoms with E-state index in [1.165, 1.54) is 12.7 Å². The predicted octanol–water partition coefficient (Wildman–Crippen LogP) is 5.11. The molecule has 1 N–H and O–H groups in total. The molecular weight excluding hydrogens is 438 g/mol. The molecule has 0 spiro atoms. The van der Waals surface area contributed by atoms with Gasteiger partial charge in [0.25, 0.3) is 5.91 Å². The highest BCUT2D eigenvalue weighted by Gasteiger charge is 2.43. The molecule has 1 aliphatic heterocycles. The molecule has 1 amide bonds. The van der Waals surface area contributed by atoms with Crippen molar-refractivity contribution in [3.63, 3.8) is 0 Å². The van der Waals surface area contributed by atoms with Crippen molar-refractivity contribution in [2.45, 2.75) is 25.7 Å². The lowest BCUT2D eigenvalue weighted by atomic mass is 9.76. The van der Waals surface area contributed by atoms with Crippen molar-refractivity contribution in [1.29, 1.82) is 0 Å². The maximum absolute atomic E-state index is 12.3. The van der Waals surface area contributed by atoms with Crippen molar-refractivity contribution in [2.75, 3.05) is 18.6 Å². The van der Waals surface area contributed by atoms with Crippen LogP contribution in [0.1, 0.15) is 45.7 Å². The number of nitrogens with zero attached hydrogens (tertiary/aromatic N) is 2. The summed E-state index contributed by atoms with van der Waals surface area (Å²) in [4.78, 5) is 26.9. The van der Waals surface area contributed by atoms with E-state index in [1.807, 2.05) is 54.6 Å². The van der Waals surface area contributed by atoms with Gasteiger partial charge in [0.2, 0.25) is 0 Å². The fraction of sp³-hybridized carbons (Fsp3) is 0.207. The number of esters is 1. The molecule has 6 nitrogen and oxygen atoms in total. The van der Waals surface area contributed by atoms with Crippen LogP contribution in [0.4, 0.5) is 5.69 Å². The van der Waals surface area contributed by atoms with Gasteiger partial charge in [-0.3, -0.25) is 4.79 Å². The van der Waals surface area contributed by atoms with Gasteiger partial charge >= 0.3 is 5.97 Å². The molecule has 3 aromatic carbocycles. The van der Waals surface area contributed by atoms with Crippen molar-refractivity contribution in [2.24, 2.45) is 5.10 Å². The van der Waals surface area contributed by atoms with Gasteiger partial charge in [-0.25, -0.2) is 10.2 Å². The van der Waals surface area contributed by atoms with Gasteiger partial charge in [-0.2, -0.15) is 5.10 Å². The molecule has 1 heterocycles. The SMILES string of the molecule is CCN1/C(=C\C=N\NC(=O)c2ccccc2)C(C)(Cc2ccccc2)c2cc(C(=O)OC)ccc21. The Kier molecular flexibility index (Phi) is 7.11. The zero-order valence-electron chi connectivity index (χ0n) is 20.2. The van der Waals surface area contributed by atoms with Crippen LogP contribution >= 0.6 is 0 Å². The fourth-order valence-electron chi connectivity index (χ4n) is 4.69. The molecular formula is C29H29N3O3. The van der Waals surface area contributed by atoms with Crippen LogP contribution in [0, 0.1) is 0 Å². The number of benzene rings is 3. The maximum Gasteiger partial charge on any atom is 0.337 e. The van der Waals surface area contributed by atoms with Gasteiger partial charge in [0.1, 0.15) is 0 Å². The number of fused-ring (bicyclic) bond motifs is 1. The number of hydrogen-bond acceptors (Lipinski definition) is 5. The standard InChI is InChI=1S/C29H29N3O3/c1-4-32-25-16-15-23(28(34)35-3)19-24(25)29(2,20-21-11-7-5-8-12-21)26(32)17-18-30-31-27(33)22-13-9-6-10-14-22/h5-19H,4,20H2,1-3H3,(H,31,33)/b26-17-,30-18+. The highest BCUT2D eigenvalue weighted by atomic mass is 16.5. The minimum absolute atomic E-state index is 0.267. The van der Waals surface area contributed by atoms with Gasteiger partial charge < -0.3 is 9.64 Å². The van der Waals surface area contributed by atoms with Crippen LogP contribution in [-0.2, 0) is 16.6 Å². The van der Waals surface area contributed by atoms with Gasteiger partial charge in [0.05, 0.1) is 12.7 Å². The van der Waals surface area contributed by atoms with Gasteiger partial charge in [0, 0.05) is 35.1 Å². The molecule has 1 aliphatic rings. The Morgan fingerprint density at radius 2 is 1.69 bits per heavy atom. The number of rotatable bonds is 7. The number of ether oxygens (including phenoxy) is 1. The summed E-state index contributed by atoms with van der Waals surface area (Å²) in [5.41, 5.74) is 7.56. The summed E-state index contributed by atoms with van der Waals surface area (Å²) in [5, 5.41) is 4.17. The molecule has 35 heavy (non-hydrogen) atoms. The Hall–Kier alpha value is -4.19. The molecule has 0 saturated carbocycles. The predicted molar refractivity (Wildman–Crippen MR) is 139 cm³/mol. The minimum Gasteiger partial charge on any atom is -0.465 e. The van der Waals surface area contributed by atoms with E-state index in [4.69, 9.17) is 4.74 Å². The number of methoxy groups -OCH3 is 1. The normalized spacial score (nSPS) is 18.0. The number of likely N-dealkylation sites (N-methyl/N-ethyl adjacent to an activating group) is 1. The van der Waals surface area contributed by atoms with Crippen LogP contribution in [0.15, 0.2) is 95.7 Å². The van der Waals surface area contributed by atoms with Gasteiger partial charge in [0.15, 0.2) is 0 Å². The van der Waals surface area contributed by atoms with E-state index in [9.17, 15) is 9.59 Å². The Morgan fingerprint density at radius 3 is 2.34 bits per heavy atom. The summed E-state index contributed by atoms with van der Waals surface area (Å²) in [5.74, 6) is -0.627. The Bertz CT molecular complexity index is 1270. The fourth-order valence-corrected chi connectivity index (χ4v) is 4.69. The van der Waals surface area contributed by atoms with Crippen LogP contribution in [0.2, 0.25) is 0 Å². The molecule has 0 aromatic heterocycles. The smallest absolute Gasteiger partial charge is 0.337 e. The van der Waals surface area contributed by atoms with Crippen LogP contribution < -0.4 is 10.3 Å². The third-order valence-electron chi connectivity index (χ3n) is 6.38. The molecule has 0 radical (unpaired) electrons. The zero-order valence-corrected chi connectivity index (χ0v) is 20.2. The van der Waals surface area contributed by atoms with Crippen molar-refractivity contribution in [1.82, 2.24) is 5.43 Å². The van der Waals surface area contributed by atoms with Crippen LogP contribution in [0.25, 0.3) is 0 Å². The van der Waals surface area contributed by atoms with E-state index in [0.29, 0.717) is 11.1 Å². The number of nitrogens with one attached hydrogen (secondary N) is 1. The third kappa shape index (κ3) is 4.87. The number of hydrogen-bond donors (Lipinski definition) is 1. The molecule has 0 saturated heterocycles. The third-order valence-corrected chi connectivity index (χ3v) is 6.38. The van der Waals surface area contributed by atoms with Crippen LogP contribution in [-0.4, -0.2) is 31.7 Å². The summed E-state index contributed by atoms with van der Waals surface area (Å²) in [6.45, 7) is 5.01. The lowest BCUT2D eigenvalue weighted by Crippen LogP contribution is -2.31. The summed E-state index contributed by atoms with van der Waals surface area (Å²) in [6, 6.07) is 24.9. The number of carbonyl (C=O) groups excluding carboxylic acids is 2. The number of anilines is 1. The van der Waals surface area contributed by atoms with Crippen molar-refractivity contribution >= 4 is 23.8 Å². The summed E-state index contributed by atoms with van der Waals surface area (Å²) in [6.07, 6.45) is 4.29. The Balaban J connectivity index is 1.71. The molecule has 1 unspecified atom stereocenters. The van der Waals surface area contributed by atoms with E-state index in [-0.39, 0.29) is 11.9 Å². The number of allylic oxidation sites excluding steroid dienone is 2. The molecule has 0 fully saturated rings. The average molecular weight is 468 g/mol. The molecule has 4 rings (SSSR count). The van der Waals surface area contributed by atoms with Crippen molar-refractivity contribution in [3.05, 3.63) is 113 Å². The average Bonchev–Trinajstić information content (AvgIpc) is 3.13. The lowest BCUT2D eigenvalue weighted by Gasteiger charge is -2.30. The second-order valence-electron chi connectivity index (χ2n) is 8.60. The molecule has 1 atom stereocenters. The van der Waals surface area contributed by atoms with Crippen molar-refractivity contribution in [3.8, 4) is 0 Å². The highest BCUT2D eigenvalue weighted by molar-refractivity contribution is 5.95. The van der Waals surface area contributed by atoms with Gasteiger partial charge in [-0.15, -0.1) is 0 Å². The maximum atomic E-state index is 12.3. The van der Waals surface area contributed by atoms with E-state index >= 15 is 0 Å². The zero-order chi connectivity index (χ0) is 24.8. The number of carbonyl (C=O) groups is 2. The number of amides is 1. The summed E-state index contributed by atoms with van der Waals surface area (Å²) >= 11 is 0. The molecule has 6 heteroatoms. The summed E-state index contributed by atoms with van der Waals surface area (Å²) < 4.78 is 4.97. The quantitative estimate of drug-likeness (QED) is 0.298. The van der Waals surface area contributed by atoms with E-state index < -0.39 is 5.41 Å². The Labute approximate surface area is 205 Å². The molecule has 0 bridgehead atoms. The first kappa shape index (κ1) is 24.0. The van der Waals surface area contributed by atoms with E-state index in [0.717, 1.165) is 29.9 Å². The number of hydrazone groups is 1. The minimum atomic E-state index is -0.424. The second kappa shape index (κ2) is 10.4. The monoisotopic (exact) mass is 467 g/mol. The lowest BCUT2D eigenvalue weighted by molar-refractivity contribution is 0.0600. The van der Waals surface area contributed by atoms with Crippen molar-refractivity contribution < 1.29 is 14.3 Å². The first-order valence-corrected chi connectivity index (χ1v) is 11.6. The van der Waals surface area contributed by atoms with E-state index in [1.54, 1.807) is 24.4 Å². The topological polar surface area (TPSA) is 71.0 Å². The summed E-state index contributed by atoms with van der Waals surface area (Å²) in [7, 11) is 1.39. The van der Waals surface area contributed by atoms with E-state index in [2.05, 4.69) is 41.4 Å². The van der Waals surface area contributed by atoms with Crippen LogP contribution in [0.5, 0.6) is 0 Å². The van der Waals surface area contributed by atoms with Crippen LogP contribution in [0.3, 0.4) is 0 Å². The molecule has 178 valence electrons. The van der Waals surface area contributed by atoms with Gasteiger partial charge in [-0.1, -0.05) is 48.5 Å². The largest absolute Gasteiger partial charge is 0.465 e. The highest BCUT2D eigenvalue weighted by Crippen LogP contribution is 2.49. The first-order chi connectivity index (χ1) is 17.0. The molecule has 3 aromatic rings. The Morgan fingerprint density at radius 1 is 1.00 bits per heavy atom. The molecule has 0 aliphatic carbocycles. The second-order valence-corrected chi connectivity index (χ2v) is 8.60. The first-order valence-electron chi connectivity index (χ1n) is 11.6.